The van der Waals surface area contributed by atoms with Gasteiger partial charge in [-0.2, -0.15) is 0 Å². The lowest BCUT2D eigenvalue weighted by Crippen LogP contribution is -2.45. The van der Waals surface area contributed by atoms with Crippen molar-refractivity contribution in [2.75, 3.05) is 20.2 Å². The van der Waals surface area contributed by atoms with E-state index in [2.05, 4.69) is 4.90 Å². The van der Waals surface area contributed by atoms with Crippen LogP contribution in [0.15, 0.2) is 0 Å². The molecule has 0 saturated carbocycles. The third kappa shape index (κ3) is 2.15. The highest BCUT2D eigenvalue weighted by molar-refractivity contribution is 4.80. The first-order chi connectivity index (χ1) is 5.25. The topological polar surface area (TPSA) is 43.7 Å². The van der Waals surface area contributed by atoms with Crippen LogP contribution in [-0.4, -0.2) is 47.5 Å². The van der Waals surface area contributed by atoms with Crippen LogP contribution in [0.2, 0.25) is 0 Å². The molecule has 1 aliphatic rings. The summed E-state index contributed by atoms with van der Waals surface area (Å²) in [4.78, 5) is 2.13. The second-order valence-electron chi connectivity index (χ2n) is 3.29. The fraction of sp³-hybridized carbons (Fsp3) is 1.00. The second kappa shape index (κ2) is 4.04. The largest absolute Gasteiger partial charge is 0.394 e. The van der Waals surface area contributed by atoms with Crippen molar-refractivity contribution in [1.29, 1.82) is 0 Å². The van der Waals surface area contributed by atoms with Gasteiger partial charge in [0.2, 0.25) is 0 Å². The number of piperidine rings is 1. The molecule has 0 spiro atoms. The molecule has 66 valence electrons. The number of rotatable bonds is 2. The summed E-state index contributed by atoms with van der Waals surface area (Å²) in [6.07, 6.45) is 2.84. The molecule has 0 amide bonds. The van der Waals surface area contributed by atoms with E-state index in [-0.39, 0.29) is 12.6 Å². The van der Waals surface area contributed by atoms with Crippen molar-refractivity contribution in [3.8, 4) is 0 Å². The average Bonchev–Trinajstić information content (AvgIpc) is 2.04. The highest BCUT2D eigenvalue weighted by atomic mass is 16.3. The third-order valence-corrected chi connectivity index (χ3v) is 2.46. The Hall–Kier alpha value is -0.120. The van der Waals surface area contributed by atoms with E-state index in [0.717, 1.165) is 13.0 Å². The number of aliphatic hydroxyl groups excluding tert-OH is 2. The lowest BCUT2D eigenvalue weighted by Gasteiger charge is -2.34. The van der Waals surface area contributed by atoms with Gasteiger partial charge < -0.3 is 15.1 Å². The summed E-state index contributed by atoms with van der Waals surface area (Å²) in [5.41, 5.74) is 0. The van der Waals surface area contributed by atoms with Gasteiger partial charge in [-0.15, -0.1) is 0 Å². The molecule has 0 aromatic heterocycles. The van der Waals surface area contributed by atoms with E-state index in [1.165, 1.54) is 12.8 Å². The van der Waals surface area contributed by atoms with Crippen LogP contribution in [0.5, 0.6) is 0 Å². The fourth-order valence-electron chi connectivity index (χ4n) is 1.71. The summed E-state index contributed by atoms with van der Waals surface area (Å²) in [6.45, 7) is 0.927. The van der Waals surface area contributed by atoms with Crippen molar-refractivity contribution in [1.82, 2.24) is 4.90 Å². The van der Waals surface area contributed by atoms with E-state index >= 15 is 0 Å². The van der Waals surface area contributed by atoms with Gasteiger partial charge in [0.15, 0.2) is 0 Å². The SMILES string of the molecule is CN1CCCC[C@H]1[C@H](O)CO. The van der Waals surface area contributed by atoms with Crippen LogP contribution in [0, 0.1) is 0 Å². The molecule has 1 rings (SSSR count). The molecule has 1 aliphatic heterocycles. The zero-order chi connectivity index (χ0) is 8.27. The molecule has 0 bridgehead atoms. The molecule has 1 heterocycles. The molecule has 2 N–H and O–H groups in total. The van der Waals surface area contributed by atoms with E-state index < -0.39 is 6.10 Å². The number of hydrogen-bond donors (Lipinski definition) is 2. The minimum Gasteiger partial charge on any atom is -0.394 e. The maximum absolute atomic E-state index is 9.36. The lowest BCUT2D eigenvalue weighted by atomic mass is 9.98. The molecule has 2 atom stereocenters. The third-order valence-electron chi connectivity index (χ3n) is 2.46. The van der Waals surface area contributed by atoms with E-state index in [0.29, 0.717) is 0 Å². The number of nitrogens with zero attached hydrogens (tertiary/aromatic N) is 1. The van der Waals surface area contributed by atoms with E-state index in [1.54, 1.807) is 0 Å². The summed E-state index contributed by atoms with van der Waals surface area (Å²) in [5, 5.41) is 18.1. The first-order valence-electron chi connectivity index (χ1n) is 4.25. The summed E-state index contributed by atoms with van der Waals surface area (Å²) < 4.78 is 0. The highest BCUT2D eigenvalue weighted by Gasteiger charge is 2.24. The number of hydrogen-bond acceptors (Lipinski definition) is 3. The van der Waals surface area contributed by atoms with Gasteiger partial charge in [-0.1, -0.05) is 6.42 Å². The van der Waals surface area contributed by atoms with Crippen LogP contribution in [0.4, 0.5) is 0 Å². The van der Waals surface area contributed by atoms with Crippen molar-refractivity contribution in [2.45, 2.75) is 31.4 Å². The van der Waals surface area contributed by atoms with Gasteiger partial charge in [-0.25, -0.2) is 0 Å². The quantitative estimate of drug-likeness (QED) is 0.587. The molecule has 11 heavy (non-hydrogen) atoms. The molecule has 0 radical (unpaired) electrons. The molecule has 3 heteroatoms. The van der Waals surface area contributed by atoms with Gasteiger partial charge in [0.05, 0.1) is 12.7 Å². The summed E-state index contributed by atoms with van der Waals surface area (Å²) >= 11 is 0. The zero-order valence-corrected chi connectivity index (χ0v) is 7.03. The Morgan fingerprint density at radius 1 is 1.55 bits per heavy atom. The summed E-state index contributed by atoms with van der Waals surface area (Å²) in [6, 6.07) is 0.175. The summed E-state index contributed by atoms with van der Waals surface area (Å²) in [7, 11) is 2.00. The molecule has 3 nitrogen and oxygen atoms in total. The Morgan fingerprint density at radius 3 is 2.82 bits per heavy atom. The number of aliphatic hydroxyl groups is 2. The van der Waals surface area contributed by atoms with Crippen molar-refractivity contribution in [3.05, 3.63) is 0 Å². The smallest absolute Gasteiger partial charge is 0.0925 e. The molecule has 0 aliphatic carbocycles. The predicted molar refractivity (Wildman–Crippen MR) is 43.4 cm³/mol. The minimum absolute atomic E-state index is 0.116. The van der Waals surface area contributed by atoms with Gasteiger partial charge in [-0.3, -0.25) is 0 Å². The van der Waals surface area contributed by atoms with Crippen LogP contribution in [-0.2, 0) is 0 Å². The maximum atomic E-state index is 9.36. The molecule has 0 aromatic rings. The van der Waals surface area contributed by atoms with E-state index in [1.807, 2.05) is 7.05 Å². The standard InChI is InChI=1S/C8H17NO2/c1-9-5-3-2-4-7(9)8(11)6-10/h7-8,10-11H,2-6H2,1H3/t7-,8+/m0/s1. The zero-order valence-electron chi connectivity index (χ0n) is 7.03. The van der Waals surface area contributed by atoms with Gasteiger partial charge >= 0.3 is 0 Å². The second-order valence-corrected chi connectivity index (χ2v) is 3.29. The predicted octanol–water partition coefficient (Wildman–Crippen LogP) is -0.176. The number of likely N-dealkylation sites (tertiary alicyclic amines) is 1. The average molecular weight is 159 g/mol. The molecule has 0 aromatic carbocycles. The minimum atomic E-state index is -0.555. The van der Waals surface area contributed by atoms with Gasteiger partial charge in [0.25, 0.3) is 0 Å². The Morgan fingerprint density at radius 2 is 2.27 bits per heavy atom. The molecule has 1 saturated heterocycles. The van der Waals surface area contributed by atoms with Gasteiger partial charge in [0.1, 0.15) is 0 Å². The van der Waals surface area contributed by atoms with Crippen LogP contribution in [0.1, 0.15) is 19.3 Å². The maximum Gasteiger partial charge on any atom is 0.0925 e. The van der Waals surface area contributed by atoms with E-state index in [4.69, 9.17) is 5.11 Å². The number of likely N-dealkylation sites (N-methyl/N-ethyl adjacent to an activating group) is 1. The van der Waals surface area contributed by atoms with Crippen LogP contribution in [0.3, 0.4) is 0 Å². The van der Waals surface area contributed by atoms with Crippen molar-refractivity contribution in [3.63, 3.8) is 0 Å². The molecular weight excluding hydrogens is 142 g/mol. The van der Waals surface area contributed by atoms with Gasteiger partial charge in [-0.05, 0) is 26.4 Å². The van der Waals surface area contributed by atoms with Crippen molar-refractivity contribution in [2.24, 2.45) is 0 Å². The van der Waals surface area contributed by atoms with Gasteiger partial charge in [0, 0.05) is 6.04 Å². The molecule has 0 unspecified atom stereocenters. The Balaban J connectivity index is 2.40. The first kappa shape index (κ1) is 8.97. The Bertz CT molecular complexity index is 115. The monoisotopic (exact) mass is 159 g/mol. The lowest BCUT2D eigenvalue weighted by molar-refractivity contribution is 0.00497. The van der Waals surface area contributed by atoms with E-state index in [9.17, 15) is 5.11 Å². The molecule has 1 fully saturated rings. The van der Waals surface area contributed by atoms with Crippen LogP contribution < -0.4 is 0 Å². The summed E-state index contributed by atoms with van der Waals surface area (Å²) in [5.74, 6) is 0. The molecular formula is C8H17NO2. The van der Waals surface area contributed by atoms with Crippen molar-refractivity contribution >= 4 is 0 Å². The Labute approximate surface area is 67.6 Å². The first-order valence-corrected chi connectivity index (χ1v) is 4.25. The Kier molecular flexibility index (Phi) is 3.30. The van der Waals surface area contributed by atoms with Crippen LogP contribution >= 0.6 is 0 Å². The van der Waals surface area contributed by atoms with Crippen LogP contribution in [0.25, 0.3) is 0 Å². The highest BCUT2D eigenvalue weighted by Crippen LogP contribution is 2.17. The van der Waals surface area contributed by atoms with Crippen molar-refractivity contribution < 1.29 is 10.2 Å². The normalized spacial score (nSPS) is 30.3. The fourth-order valence-corrected chi connectivity index (χ4v) is 1.71.